The molecule has 0 aliphatic carbocycles. The number of hydrogen-bond donors (Lipinski definition) is 8. The molecule has 1 aromatic heterocycles. The van der Waals surface area contributed by atoms with Crippen molar-refractivity contribution < 1.29 is 44.1 Å². The molecular weight excluding hydrogens is 845 g/mol. The zero-order valence-corrected chi connectivity index (χ0v) is 34.5. The van der Waals surface area contributed by atoms with Crippen LogP contribution < -0.4 is 26.6 Å². The summed E-state index contributed by atoms with van der Waals surface area (Å²) in [4.78, 5) is 82.3. The fraction of sp³-hybridized carbons (Fsp3) is 0.227. The van der Waals surface area contributed by atoms with Crippen LogP contribution in [0.3, 0.4) is 0 Å². The van der Waals surface area contributed by atoms with Gasteiger partial charge in [0, 0.05) is 46.3 Å². The number of carboxylic acids is 1. The van der Waals surface area contributed by atoms with Gasteiger partial charge in [-0.15, -0.1) is 11.3 Å². The van der Waals surface area contributed by atoms with Crippen LogP contribution in [0.15, 0.2) is 115 Å². The van der Waals surface area contributed by atoms with Gasteiger partial charge in [0.25, 0.3) is 11.8 Å². The Labute approximate surface area is 364 Å². The lowest BCUT2D eigenvalue weighted by atomic mass is 9.99. The van der Waals surface area contributed by atoms with Crippen LogP contribution in [-0.2, 0) is 54.5 Å². The van der Waals surface area contributed by atoms with E-state index < -0.39 is 71.9 Å². The second-order valence-corrected chi connectivity index (χ2v) is 16.2. The lowest BCUT2D eigenvalue weighted by Gasteiger charge is -2.27. The first kappa shape index (κ1) is 44.5. The minimum absolute atomic E-state index is 0.104. The van der Waals surface area contributed by atoms with E-state index in [1.165, 1.54) is 41.7 Å². The standard InChI is InChI=1S/C44H41Cl2N5O9S/c45-29-15-14-28(32(46)22-29)21-34-40(55)51-36(44(59)60)20-25-10-16-30(17-11-25)47-42(57)37(52)38(53)43(58)50-35(23-31-7-4-18-61-31)41(56)48-33(39(54)49-34)19-24-8-12-27(13-9-24)26-5-2-1-3-6-26/h1-18,22,33-38,52-53H,19-21,23H2,(H,47,57)(H,48,56)(H,49,54)(H,50,58)(H,51,55)(H,59,60)/t33-,34+,35+,36-,37+,38+/m0/s1. The van der Waals surface area contributed by atoms with Crippen LogP contribution in [0.1, 0.15) is 21.6 Å². The van der Waals surface area contributed by atoms with Crippen molar-refractivity contribution in [1.29, 1.82) is 0 Å². The maximum Gasteiger partial charge on any atom is 0.326 e. The quantitative estimate of drug-likeness (QED) is 0.106. The van der Waals surface area contributed by atoms with Gasteiger partial charge in [-0.05, 0) is 63.5 Å². The molecule has 0 spiro atoms. The summed E-state index contributed by atoms with van der Waals surface area (Å²) in [5.41, 5.74) is 3.40. The largest absolute Gasteiger partial charge is 0.480 e. The second-order valence-electron chi connectivity index (χ2n) is 14.4. The molecule has 0 fully saturated rings. The number of rotatable bonds is 8. The van der Waals surface area contributed by atoms with Crippen molar-refractivity contribution in [2.75, 3.05) is 5.32 Å². The van der Waals surface area contributed by atoms with Crippen molar-refractivity contribution in [3.8, 4) is 11.1 Å². The van der Waals surface area contributed by atoms with Gasteiger partial charge < -0.3 is 41.9 Å². The van der Waals surface area contributed by atoms with Crippen molar-refractivity contribution in [1.82, 2.24) is 21.3 Å². The van der Waals surface area contributed by atoms with Crippen LogP contribution in [-0.4, -0.2) is 87.2 Å². The third-order valence-electron chi connectivity index (χ3n) is 9.94. The summed E-state index contributed by atoms with van der Waals surface area (Å²) in [7, 11) is 0. The van der Waals surface area contributed by atoms with E-state index in [-0.39, 0.29) is 36.4 Å². The number of aliphatic hydroxyl groups excluding tert-OH is 2. The molecule has 17 heteroatoms. The smallest absolute Gasteiger partial charge is 0.326 e. The van der Waals surface area contributed by atoms with Gasteiger partial charge in [0.1, 0.15) is 24.2 Å². The Morgan fingerprint density at radius 1 is 0.623 bits per heavy atom. The van der Waals surface area contributed by atoms with Crippen LogP contribution in [0.4, 0.5) is 5.69 Å². The number of fused-ring (bicyclic) bond motifs is 18. The summed E-state index contributed by atoms with van der Waals surface area (Å²) in [5.74, 6) is -6.34. The lowest BCUT2D eigenvalue weighted by molar-refractivity contribution is -0.145. The molecule has 3 heterocycles. The van der Waals surface area contributed by atoms with Gasteiger partial charge in [0.05, 0.1) is 0 Å². The fourth-order valence-electron chi connectivity index (χ4n) is 6.60. The molecule has 6 atom stereocenters. The van der Waals surface area contributed by atoms with E-state index >= 15 is 0 Å². The van der Waals surface area contributed by atoms with Crippen LogP contribution in [0.2, 0.25) is 10.0 Å². The van der Waals surface area contributed by atoms with Crippen molar-refractivity contribution in [3.05, 3.63) is 146 Å². The fourth-order valence-corrected chi connectivity index (χ4v) is 7.84. The Morgan fingerprint density at radius 3 is 1.84 bits per heavy atom. The minimum atomic E-state index is -2.32. The SMILES string of the molecule is O=C(O)[C@@H]1Cc2ccc(cc2)NC(=O)[C@H](O)[C@@H](O)C(=O)N[C@H](Cc2cccs2)C(=O)N[C@@H](Cc2ccc(-c3ccccc3)cc2)C(=O)N[C@H](Cc2ccc(Cl)cc2Cl)C(=O)N1. The zero-order chi connectivity index (χ0) is 43.6. The zero-order valence-electron chi connectivity index (χ0n) is 32.2. The highest BCUT2D eigenvalue weighted by molar-refractivity contribution is 7.09. The van der Waals surface area contributed by atoms with Gasteiger partial charge in [0.15, 0.2) is 12.2 Å². The van der Waals surface area contributed by atoms with E-state index in [0.717, 1.165) is 11.1 Å². The van der Waals surface area contributed by atoms with Crippen molar-refractivity contribution in [3.63, 3.8) is 0 Å². The molecule has 2 aliphatic rings. The number of halogens is 2. The molecule has 5 amide bonds. The molecule has 0 saturated carbocycles. The van der Waals surface area contributed by atoms with Crippen molar-refractivity contribution in [2.45, 2.75) is 62.1 Å². The predicted octanol–water partition coefficient (Wildman–Crippen LogP) is 3.69. The maximum absolute atomic E-state index is 14.5. The number of anilines is 1. The Morgan fingerprint density at radius 2 is 1.21 bits per heavy atom. The Kier molecular flexibility index (Phi) is 14.9. The highest BCUT2D eigenvalue weighted by Crippen LogP contribution is 2.24. The lowest BCUT2D eigenvalue weighted by Crippen LogP contribution is -2.60. The molecule has 0 saturated heterocycles. The number of carboxylic acid groups (broad SMARTS) is 1. The molecular formula is C44H41Cl2N5O9S. The average molecular weight is 887 g/mol. The number of nitrogens with one attached hydrogen (secondary N) is 5. The maximum atomic E-state index is 14.5. The van der Waals surface area contributed by atoms with E-state index in [9.17, 15) is 44.1 Å². The highest BCUT2D eigenvalue weighted by atomic mass is 35.5. The van der Waals surface area contributed by atoms with Crippen LogP contribution in [0.25, 0.3) is 11.1 Å². The van der Waals surface area contributed by atoms with E-state index in [0.29, 0.717) is 26.6 Å². The van der Waals surface area contributed by atoms with Crippen LogP contribution >= 0.6 is 34.5 Å². The second kappa shape index (κ2) is 20.4. The van der Waals surface area contributed by atoms with Crippen molar-refractivity contribution in [2.24, 2.45) is 0 Å². The van der Waals surface area contributed by atoms with Crippen LogP contribution in [0.5, 0.6) is 0 Å². The first-order valence-electron chi connectivity index (χ1n) is 19.0. The van der Waals surface area contributed by atoms with Crippen molar-refractivity contribution >= 4 is 75.7 Å². The number of thiophene rings is 1. The summed E-state index contributed by atoms with van der Waals surface area (Å²) in [6.07, 6.45) is -5.23. The minimum Gasteiger partial charge on any atom is -0.480 e. The van der Waals surface area contributed by atoms with Gasteiger partial charge in [-0.25, -0.2) is 4.79 Å². The van der Waals surface area contributed by atoms with Gasteiger partial charge in [-0.2, -0.15) is 0 Å². The molecule has 8 N–H and O–H groups in total. The third-order valence-corrected chi connectivity index (χ3v) is 11.4. The van der Waals surface area contributed by atoms with E-state index in [1.54, 1.807) is 41.8 Å². The van der Waals surface area contributed by atoms with E-state index in [2.05, 4.69) is 26.6 Å². The molecule has 0 radical (unpaired) electrons. The average Bonchev–Trinajstić information content (AvgIpc) is 3.77. The number of carbonyl (C=O) groups is 6. The number of amides is 5. The number of carbonyl (C=O) groups excluding carboxylic acids is 5. The highest BCUT2D eigenvalue weighted by Gasteiger charge is 2.36. The van der Waals surface area contributed by atoms with Gasteiger partial charge in [-0.1, -0.05) is 102 Å². The Hall–Kier alpha value is -6.10. The molecule has 2 bridgehead atoms. The molecule has 7 rings (SSSR count). The third kappa shape index (κ3) is 12.0. The molecule has 14 nitrogen and oxygen atoms in total. The number of aliphatic hydroxyl groups is 2. The summed E-state index contributed by atoms with van der Waals surface area (Å²) >= 11 is 13.9. The molecule has 0 unspecified atom stereocenters. The predicted molar refractivity (Wildman–Crippen MR) is 230 cm³/mol. The van der Waals surface area contributed by atoms with E-state index in [4.69, 9.17) is 23.2 Å². The summed E-state index contributed by atoms with van der Waals surface area (Å²) in [6.45, 7) is 0. The van der Waals surface area contributed by atoms with Gasteiger partial charge in [-0.3, -0.25) is 24.0 Å². The summed E-state index contributed by atoms with van der Waals surface area (Å²) in [5, 5.41) is 46.7. The first-order valence-corrected chi connectivity index (χ1v) is 20.7. The monoisotopic (exact) mass is 885 g/mol. The van der Waals surface area contributed by atoms with E-state index in [1.807, 2.05) is 42.5 Å². The number of aliphatic carboxylic acids is 1. The Balaban J connectivity index is 1.39. The topological polar surface area (TPSA) is 223 Å². The first-order chi connectivity index (χ1) is 29.2. The molecule has 2 aliphatic heterocycles. The van der Waals surface area contributed by atoms with Gasteiger partial charge in [0.2, 0.25) is 17.7 Å². The number of benzene rings is 4. The molecule has 5 aromatic rings. The number of hydrogen-bond acceptors (Lipinski definition) is 9. The summed E-state index contributed by atoms with van der Waals surface area (Å²) < 4.78 is 0. The summed E-state index contributed by atoms with van der Waals surface area (Å²) in [6, 6.07) is 24.8. The molecule has 61 heavy (non-hydrogen) atoms. The van der Waals surface area contributed by atoms with Crippen LogP contribution in [0, 0.1) is 0 Å². The molecule has 4 aromatic carbocycles. The normalized spacial score (nSPS) is 21.9. The Bertz CT molecular complexity index is 2370. The molecule has 316 valence electrons. The van der Waals surface area contributed by atoms with Gasteiger partial charge >= 0.3 is 5.97 Å².